The van der Waals surface area contributed by atoms with Crippen molar-refractivity contribution in [3.05, 3.63) is 71.8 Å². The summed E-state index contributed by atoms with van der Waals surface area (Å²) in [5, 5.41) is 3.13. The fourth-order valence-electron chi connectivity index (χ4n) is 4.78. The second-order valence-electron chi connectivity index (χ2n) is 10.7. The van der Waals surface area contributed by atoms with Gasteiger partial charge >= 0.3 is 6.09 Å². The van der Waals surface area contributed by atoms with Gasteiger partial charge in [-0.15, -0.1) is 0 Å². The summed E-state index contributed by atoms with van der Waals surface area (Å²) in [5.74, 6) is 0.446. The minimum atomic E-state index is -0.479. The van der Waals surface area contributed by atoms with Gasteiger partial charge in [0.2, 0.25) is 0 Å². The number of hydrogen-bond acceptors (Lipinski definition) is 3. The van der Waals surface area contributed by atoms with Gasteiger partial charge in [0.25, 0.3) is 0 Å². The Labute approximate surface area is 194 Å². The molecule has 0 aromatic heterocycles. The van der Waals surface area contributed by atoms with Crippen molar-refractivity contribution in [2.24, 2.45) is 5.92 Å². The Morgan fingerprint density at radius 2 is 1.31 bits per heavy atom. The van der Waals surface area contributed by atoms with Crippen molar-refractivity contribution in [3.8, 4) is 0 Å². The molecule has 3 rings (SSSR count). The van der Waals surface area contributed by atoms with Crippen LogP contribution in [0.25, 0.3) is 0 Å². The second-order valence-corrected chi connectivity index (χ2v) is 10.7. The van der Waals surface area contributed by atoms with Crippen molar-refractivity contribution < 1.29 is 9.53 Å². The first-order valence-electron chi connectivity index (χ1n) is 12.0. The number of rotatable bonds is 7. The van der Waals surface area contributed by atoms with Crippen LogP contribution in [0.1, 0.15) is 71.4 Å². The molecule has 4 nitrogen and oxygen atoms in total. The maximum atomic E-state index is 12.4. The molecule has 4 heteroatoms. The van der Waals surface area contributed by atoms with E-state index in [1.807, 2.05) is 20.8 Å². The highest BCUT2D eigenvalue weighted by Crippen LogP contribution is 2.35. The number of nitrogens with one attached hydrogen (secondary N) is 1. The standard InChI is InChI=1S/C28H40N2O2/c1-27(2,3)32-26(31)29-28(4,5)24-16-18-25(19-17-24)30(20-22-12-8-6-9-13-22)21-23-14-10-7-11-15-23/h6-15,24-25H,16-21H2,1-5H3,(H,29,31)/t24-,25+. The van der Waals surface area contributed by atoms with Crippen LogP contribution in [0.5, 0.6) is 0 Å². The smallest absolute Gasteiger partial charge is 0.408 e. The molecule has 0 saturated heterocycles. The largest absolute Gasteiger partial charge is 0.444 e. The summed E-state index contributed by atoms with van der Waals surface area (Å²) in [5.41, 5.74) is 1.96. The SMILES string of the molecule is CC(C)(C)OC(=O)NC(C)(C)[C@H]1CC[C@@H](N(Cc2ccccc2)Cc2ccccc2)CC1. The van der Waals surface area contributed by atoms with Crippen molar-refractivity contribution >= 4 is 6.09 Å². The molecule has 0 unspecified atom stereocenters. The van der Waals surface area contributed by atoms with E-state index < -0.39 is 5.60 Å². The molecule has 0 atom stereocenters. The molecule has 174 valence electrons. The van der Waals surface area contributed by atoms with E-state index in [2.05, 4.69) is 84.7 Å². The van der Waals surface area contributed by atoms with Crippen LogP contribution in [0, 0.1) is 5.92 Å². The molecule has 0 spiro atoms. The van der Waals surface area contributed by atoms with Gasteiger partial charge < -0.3 is 10.1 Å². The summed E-state index contributed by atoms with van der Waals surface area (Å²) < 4.78 is 5.50. The number of alkyl carbamates (subject to hydrolysis) is 1. The Hall–Kier alpha value is -2.33. The van der Waals surface area contributed by atoms with Gasteiger partial charge in [0.05, 0.1) is 0 Å². The van der Waals surface area contributed by atoms with E-state index >= 15 is 0 Å². The fraction of sp³-hybridized carbons (Fsp3) is 0.536. The van der Waals surface area contributed by atoms with Gasteiger partial charge in [-0.2, -0.15) is 0 Å². The zero-order valence-electron chi connectivity index (χ0n) is 20.4. The molecule has 1 aliphatic rings. The van der Waals surface area contributed by atoms with E-state index in [1.54, 1.807) is 0 Å². The molecule has 1 amide bonds. The minimum Gasteiger partial charge on any atom is -0.444 e. The van der Waals surface area contributed by atoms with E-state index in [0.717, 1.165) is 38.8 Å². The van der Waals surface area contributed by atoms with Crippen molar-refractivity contribution in [2.45, 2.75) is 90.6 Å². The third-order valence-corrected chi connectivity index (χ3v) is 6.51. The quantitative estimate of drug-likeness (QED) is 0.535. The van der Waals surface area contributed by atoms with E-state index in [9.17, 15) is 4.79 Å². The van der Waals surface area contributed by atoms with Gasteiger partial charge in [0, 0.05) is 24.7 Å². The van der Waals surface area contributed by atoms with Gasteiger partial charge in [-0.05, 0) is 77.3 Å². The number of hydrogen-bond donors (Lipinski definition) is 1. The molecule has 0 heterocycles. The van der Waals surface area contributed by atoms with Gasteiger partial charge in [-0.25, -0.2) is 4.79 Å². The Morgan fingerprint density at radius 3 is 1.75 bits per heavy atom. The number of nitrogens with zero attached hydrogens (tertiary/aromatic N) is 1. The Kier molecular flexibility index (Phi) is 8.00. The third-order valence-electron chi connectivity index (χ3n) is 6.51. The number of ether oxygens (including phenoxy) is 1. The van der Waals surface area contributed by atoms with E-state index in [-0.39, 0.29) is 11.6 Å². The van der Waals surface area contributed by atoms with Gasteiger partial charge in [-0.1, -0.05) is 60.7 Å². The lowest BCUT2D eigenvalue weighted by Gasteiger charge is -2.43. The fourth-order valence-corrected chi connectivity index (χ4v) is 4.78. The lowest BCUT2D eigenvalue weighted by atomic mass is 9.75. The van der Waals surface area contributed by atoms with Gasteiger partial charge in [0.1, 0.15) is 5.60 Å². The average Bonchev–Trinajstić information content (AvgIpc) is 2.73. The molecule has 1 N–H and O–H groups in total. The Bertz CT molecular complexity index is 793. The van der Waals surface area contributed by atoms with Crippen LogP contribution in [-0.2, 0) is 17.8 Å². The van der Waals surface area contributed by atoms with Crippen LogP contribution < -0.4 is 5.32 Å². The van der Waals surface area contributed by atoms with Crippen LogP contribution in [0.3, 0.4) is 0 Å². The van der Waals surface area contributed by atoms with E-state index in [0.29, 0.717) is 12.0 Å². The molecular weight excluding hydrogens is 396 g/mol. The highest BCUT2D eigenvalue weighted by Gasteiger charge is 2.36. The van der Waals surface area contributed by atoms with Crippen molar-refractivity contribution in [2.75, 3.05) is 0 Å². The highest BCUT2D eigenvalue weighted by molar-refractivity contribution is 5.68. The summed E-state index contributed by atoms with van der Waals surface area (Å²) in [4.78, 5) is 15.0. The molecule has 2 aromatic carbocycles. The lowest BCUT2D eigenvalue weighted by Crippen LogP contribution is -2.52. The summed E-state index contributed by atoms with van der Waals surface area (Å²) in [6.07, 6.45) is 4.17. The highest BCUT2D eigenvalue weighted by atomic mass is 16.6. The van der Waals surface area contributed by atoms with E-state index in [4.69, 9.17) is 4.74 Å². The predicted molar refractivity (Wildman–Crippen MR) is 131 cm³/mol. The molecular formula is C28H40N2O2. The molecule has 1 aliphatic carbocycles. The zero-order valence-corrected chi connectivity index (χ0v) is 20.4. The second kappa shape index (κ2) is 10.5. The number of amides is 1. The summed E-state index contributed by atoms with van der Waals surface area (Å²) in [6.45, 7) is 11.9. The molecule has 1 saturated carbocycles. The third kappa shape index (κ3) is 7.37. The minimum absolute atomic E-state index is 0.281. The monoisotopic (exact) mass is 436 g/mol. The number of benzene rings is 2. The maximum Gasteiger partial charge on any atom is 0.408 e. The molecule has 1 fully saturated rings. The molecule has 0 bridgehead atoms. The van der Waals surface area contributed by atoms with Crippen LogP contribution in [0.2, 0.25) is 0 Å². The molecule has 32 heavy (non-hydrogen) atoms. The zero-order chi connectivity index (χ0) is 23.2. The lowest BCUT2D eigenvalue weighted by molar-refractivity contribution is 0.0382. The number of carbonyl (C=O) groups is 1. The topological polar surface area (TPSA) is 41.6 Å². The summed E-state index contributed by atoms with van der Waals surface area (Å²) >= 11 is 0. The Balaban J connectivity index is 1.63. The summed E-state index contributed by atoms with van der Waals surface area (Å²) in [6, 6.07) is 22.1. The van der Waals surface area contributed by atoms with Crippen LogP contribution >= 0.6 is 0 Å². The first-order chi connectivity index (χ1) is 15.1. The Morgan fingerprint density at radius 1 is 0.844 bits per heavy atom. The molecule has 2 aromatic rings. The summed E-state index contributed by atoms with van der Waals surface area (Å²) in [7, 11) is 0. The van der Waals surface area contributed by atoms with Gasteiger partial charge in [-0.3, -0.25) is 4.90 Å². The maximum absolute atomic E-state index is 12.4. The predicted octanol–water partition coefficient (Wildman–Crippen LogP) is 6.55. The normalized spacial score (nSPS) is 19.6. The molecule has 0 radical (unpaired) electrons. The van der Waals surface area contributed by atoms with Crippen molar-refractivity contribution in [3.63, 3.8) is 0 Å². The average molecular weight is 437 g/mol. The number of carbonyl (C=O) groups excluding carboxylic acids is 1. The van der Waals surface area contributed by atoms with Crippen LogP contribution in [0.15, 0.2) is 60.7 Å². The van der Waals surface area contributed by atoms with E-state index in [1.165, 1.54) is 11.1 Å². The first-order valence-corrected chi connectivity index (χ1v) is 12.0. The van der Waals surface area contributed by atoms with Gasteiger partial charge in [0.15, 0.2) is 0 Å². The van der Waals surface area contributed by atoms with Crippen LogP contribution in [0.4, 0.5) is 4.79 Å². The van der Waals surface area contributed by atoms with Crippen LogP contribution in [-0.4, -0.2) is 28.2 Å². The van der Waals surface area contributed by atoms with Crippen molar-refractivity contribution in [1.29, 1.82) is 0 Å². The molecule has 0 aliphatic heterocycles. The van der Waals surface area contributed by atoms with Crippen molar-refractivity contribution in [1.82, 2.24) is 10.2 Å². The first kappa shape index (κ1) is 24.3.